The Labute approximate surface area is 192 Å². The molecular formula is C18H37KO4S. The summed E-state index contributed by atoms with van der Waals surface area (Å²) in [5.74, 6) is 0. The zero-order chi connectivity index (χ0) is 17.6. The summed E-state index contributed by atoms with van der Waals surface area (Å²) in [5.41, 5.74) is 0. The fraction of sp³-hybridized carbons (Fsp3) is 1.00. The van der Waals surface area contributed by atoms with E-state index in [2.05, 4.69) is 0 Å². The van der Waals surface area contributed by atoms with E-state index < -0.39 is 15.4 Å². The third-order valence-electron chi connectivity index (χ3n) is 4.51. The van der Waals surface area contributed by atoms with Crippen molar-refractivity contribution in [2.24, 2.45) is 0 Å². The van der Waals surface area contributed by atoms with Crippen LogP contribution in [0.3, 0.4) is 0 Å². The molecule has 0 aromatic heterocycles. The zero-order valence-electron chi connectivity index (χ0n) is 16.1. The maximum absolute atomic E-state index is 11.0. The van der Waals surface area contributed by atoms with Crippen molar-refractivity contribution in [2.45, 2.75) is 115 Å². The molecule has 0 aromatic carbocycles. The molecule has 6 heteroatoms. The molecule has 2 unspecified atom stereocenters. The first-order chi connectivity index (χ1) is 10.9. The molecule has 0 spiro atoms. The van der Waals surface area contributed by atoms with E-state index in [1.807, 2.05) is 6.92 Å². The van der Waals surface area contributed by atoms with Crippen LogP contribution in [0.2, 0.25) is 0 Å². The first-order valence-corrected chi connectivity index (χ1v) is 11.0. The second-order valence-corrected chi connectivity index (χ2v) is 8.49. The number of rotatable bonds is 16. The van der Waals surface area contributed by atoms with Crippen LogP contribution >= 0.6 is 0 Å². The molecule has 0 saturated carbocycles. The van der Waals surface area contributed by atoms with Crippen LogP contribution in [0.1, 0.15) is 104 Å². The maximum atomic E-state index is 11.0. The number of hydrogen-bond acceptors (Lipinski definition) is 4. The van der Waals surface area contributed by atoms with E-state index in [1.165, 1.54) is 44.9 Å². The Morgan fingerprint density at radius 1 is 0.792 bits per heavy atom. The van der Waals surface area contributed by atoms with Crippen molar-refractivity contribution in [1.29, 1.82) is 0 Å². The van der Waals surface area contributed by atoms with E-state index >= 15 is 0 Å². The SMILES string of the molecule is CCC(CCCCCCCCCCCCCC(C)O)S(=O)(=O)[O-].[K+]. The van der Waals surface area contributed by atoms with Gasteiger partial charge in [0.05, 0.1) is 16.2 Å². The van der Waals surface area contributed by atoms with E-state index in [1.54, 1.807) is 6.92 Å². The topological polar surface area (TPSA) is 77.4 Å². The second kappa shape index (κ2) is 17.9. The van der Waals surface area contributed by atoms with Gasteiger partial charge in [-0.3, -0.25) is 0 Å². The predicted octanol–water partition coefficient (Wildman–Crippen LogP) is 1.77. The van der Waals surface area contributed by atoms with Gasteiger partial charge in [0.15, 0.2) is 0 Å². The van der Waals surface area contributed by atoms with Crippen molar-refractivity contribution in [2.75, 3.05) is 0 Å². The van der Waals surface area contributed by atoms with Gasteiger partial charge in [-0.1, -0.05) is 77.6 Å². The molecule has 0 aliphatic carbocycles. The summed E-state index contributed by atoms with van der Waals surface area (Å²) < 4.78 is 32.9. The number of hydrogen-bond donors (Lipinski definition) is 1. The van der Waals surface area contributed by atoms with E-state index in [0.29, 0.717) is 12.8 Å². The summed E-state index contributed by atoms with van der Waals surface area (Å²) in [6.07, 6.45) is 14.7. The van der Waals surface area contributed by atoms with Crippen LogP contribution in [0.25, 0.3) is 0 Å². The molecule has 140 valence electrons. The van der Waals surface area contributed by atoms with Crippen molar-refractivity contribution in [3.63, 3.8) is 0 Å². The Kier molecular flexibility index (Phi) is 20.7. The number of unbranched alkanes of at least 4 members (excludes halogenated alkanes) is 10. The molecule has 0 heterocycles. The Bertz CT molecular complexity index is 358. The summed E-state index contributed by atoms with van der Waals surface area (Å²) in [7, 11) is -4.10. The molecule has 0 saturated heterocycles. The first-order valence-electron chi connectivity index (χ1n) is 9.50. The monoisotopic (exact) mass is 388 g/mol. The third kappa shape index (κ3) is 18.3. The minimum Gasteiger partial charge on any atom is -0.748 e. The normalized spacial score (nSPS) is 14.2. The van der Waals surface area contributed by atoms with Gasteiger partial charge >= 0.3 is 51.4 Å². The second-order valence-electron chi connectivity index (χ2n) is 6.84. The van der Waals surface area contributed by atoms with Gasteiger partial charge in [-0.25, -0.2) is 8.42 Å². The standard InChI is InChI=1S/C18H38O4S.K/c1-3-18(23(20,21)22)16-14-12-10-8-6-4-5-7-9-11-13-15-17(2)19;/h17-19H,3-16H2,1-2H3,(H,20,21,22);/q;+1/p-1. The molecule has 0 rings (SSSR count). The van der Waals surface area contributed by atoms with Gasteiger partial charge in [-0.2, -0.15) is 0 Å². The molecule has 0 aromatic rings. The van der Waals surface area contributed by atoms with Crippen molar-refractivity contribution in [1.82, 2.24) is 0 Å². The van der Waals surface area contributed by atoms with Crippen LogP contribution in [-0.4, -0.2) is 29.4 Å². The summed E-state index contributed by atoms with van der Waals surface area (Å²) in [4.78, 5) is 0. The number of aliphatic hydroxyl groups excluding tert-OH is 1. The van der Waals surface area contributed by atoms with E-state index in [4.69, 9.17) is 5.11 Å². The van der Waals surface area contributed by atoms with Crippen LogP contribution in [-0.2, 0) is 10.1 Å². The largest absolute Gasteiger partial charge is 1.00 e. The molecule has 1 N–H and O–H groups in total. The fourth-order valence-corrected chi connectivity index (χ4v) is 3.82. The molecule has 0 radical (unpaired) electrons. The van der Waals surface area contributed by atoms with Gasteiger partial charge in [-0.05, 0) is 26.2 Å². The molecule has 2 atom stereocenters. The van der Waals surface area contributed by atoms with Gasteiger partial charge in [0.1, 0.15) is 0 Å². The molecule has 4 nitrogen and oxygen atoms in total. The van der Waals surface area contributed by atoms with Crippen molar-refractivity contribution >= 4 is 10.1 Å². The molecule has 0 amide bonds. The Balaban J connectivity index is 0. The maximum Gasteiger partial charge on any atom is 1.00 e. The van der Waals surface area contributed by atoms with Crippen molar-refractivity contribution < 1.29 is 69.5 Å². The summed E-state index contributed by atoms with van der Waals surface area (Å²) in [5, 5.41) is 8.47. The van der Waals surface area contributed by atoms with E-state index in [9.17, 15) is 13.0 Å². The van der Waals surface area contributed by atoms with Crippen molar-refractivity contribution in [3.05, 3.63) is 0 Å². The zero-order valence-corrected chi connectivity index (χ0v) is 20.1. The Morgan fingerprint density at radius 3 is 1.42 bits per heavy atom. The molecule has 0 aliphatic heterocycles. The van der Waals surface area contributed by atoms with E-state index in [-0.39, 0.29) is 57.5 Å². The van der Waals surface area contributed by atoms with Crippen LogP contribution < -0.4 is 51.4 Å². The van der Waals surface area contributed by atoms with E-state index in [0.717, 1.165) is 32.1 Å². The van der Waals surface area contributed by atoms with Gasteiger partial charge in [0, 0.05) is 5.25 Å². The van der Waals surface area contributed by atoms with Crippen LogP contribution in [0.4, 0.5) is 0 Å². The van der Waals surface area contributed by atoms with Gasteiger partial charge < -0.3 is 9.66 Å². The quantitative estimate of drug-likeness (QED) is 0.248. The summed E-state index contributed by atoms with van der Waals surface area (Å²) in [6.45, 7) is 3.62. The molecule has 24 heavy (non-hydrogen) atoms. The van der Waals surface area contributed by atoms with Crippen LogP contribution in [0.15, 0.2) is 0 Å². The minimum absolute atomic E-state index is 0. The Hall–Kier alpha value is 1.51. The molecule has 0 aliphatic rings. The first kappa shape index (κ1) is 27.7. The Morgan fingerprint density at radius 2 is 1.12 bits per heavy atom. The molecule has 0 bridgehead atoms. The average molecular weight is 389 g/mol. The minimum atomic E-state index is -4.10. The van der Waals surface area contributed by atoms with Crippen molar-refractivity contribution in [3.8, 4) is 0 Å². The van der Waals surface area contributed by atoms with Crippen LogP contribution in [0, 0.1) is 0 Å². The number of aliphatic hydroxyl groups is 1. The van der Waals surface area contributed by atoms with Crippen LogP contribution in [0.5, 0.6) is 0 Å². The van der Waals surface area contributed by atoms with Gasteiger partial charge in [0.25, 0.3) is 0 Å². The summed E-state index contributed by atoms with van der Waals surface area (Å²) in [6, 6.07) is 0. The average Bonchev–Trinajstić information content (AvgIpc) is 2.46. The summed E-state index contributed by atoms with van der Waals surface area (Å²) >= 11 is 0. The molecular weight excluding hydrogens is 351 g/mol. The van der Waals surface area contributed by atoms with Gasteiger partial charge in [0.2, 0.25) is 0 Å². The predicted molar refractivity (Wildman–Crippen MR) is 95.5 cm³/mol. The third-order valence-corrected chi connectivity index (χ3v) is 5.90. The fourth-order valence-electron chi connectivity index (χ4n) is 2.96. The molecule has 0 fully saturated rings. The van der Waals surface area contributed by atoms with Gasteiger partial charge in [-0.15, -0.1) is 0 Å². The smallest absolute Gasteiger partial charge is 0.748 e.